The van der Waals surface area contributed by atoms with E-state index in [0.717, 1.165) is 6.42 Å². The molecule has 4 nitrogen and oxygen atoms in total. The molecule has 0 radical (unpaired) electrons. The molecule has 2 atom stereocenters. The molecule has 92 valence electrons. The highest BCUT2D eigenvalue weighted by atomic mass is 16.6. The first-order valence-corrected chi connectivity index (χ1v) is 5.77. The number of piperidine rings is 1. The van der Waals surface area contributed by atoms with Crippen molar-refractivity contribution in [3.05, 3.63) is 0 Å². The monoisotopic (exact) mass is 227 g/mol. The molecule has 0 N–H and O–H groups in total. The third kappa shape index (κ3) is 2.97. The fraction of sp³-hybridized carbons (Fsp3) is 0.833. The molecule has 0 aliphatic carbocycles. The number of nitrogens with zero attached hydrogens (tertiary/aromatic N) is 1. The first kappa shape index (κ1) is 13.0. The smallest absolute Gasteiger partial charge is 0.417 e. The van der Waals surface area contributed by atoms with Crippen molar-refractivity contribution in [2.45, 2.75) is 59.1 Å². The van der Waals surface area contributed by atoms with Crippen LogP contribution in [0.15, 0.2) is 0 Å². The Labute approximate surface area is 96.9 Å². The van der Waals surface area contributed by atoms with E-state index >= 15 is 0 Å². The van der Waals surface area contributed by atoms with Gasteiger partial charge in [0, 0.05) is 12.5 Å². The molecule has 0 bridgehead atoms. The Balaban J connectivity index is 2.76. The molecule has 16 heavy (non-hydrogen) atoms. The Bertz CT molecular complexity index is 293. The van der Waals surface area contributed by atoms with Gasteiger partial charge in [0.25, 0.3) is 0 Å². The topological polar surface area (TPSA) is 46.6 Å². The lowest BCUT2D eigenvalue weighted by Crippen LogP contribution is -2.51. The maximum absolute atomic E-state index is 11.9. The second-order valence-electron chi connectivity index (χ2n) is 5.50. The average Bonchev–Trinajstić information content (AvgIpc) is 2.09. The van der Waals surface area contributed by atoms with Gasteiger partial charge in [0.1, 0.15) is 5.60 Å². The van der Waals surface area contributed by atoms with Crippen molar-refractivity contribution >= 4 is 12.0 Å². The minimum absolute atomic E-state index is 0.0731. The van der Waals surface area contributed by atoms with Gasteiger partial charge in [-0.1, -0.05) is 6.92 Å². The van der Waals surface area contributed by atoms with E-state index in [1.165, 1.54) is 4.90 Å². The van der Waals surface area contributed by atoms with Gasteiger partial charge >= 0.3 is 6.09 Å². The van der Waals surface area contributed by atoms with Crippen molar-refractivity contribution < 1.29 is 14.3 Å². The van der Waals surface area contributed by atoms with E-state index < -0.39 is 11.7 Å². The van der Waals surface area contributed by atoms with Gasteiger partial charge in [0.2, 0.25) is 5.91 Å². The number of hydrogen-bond acceptors (Lipinski definition) is 3. The van der Waals surface area contributed by atoms with E-state index in [1.807, 2.05) is 6.92 Å². The van der Waals surface area contributed by atoms with Crippen LogP contribution in [-0.2, 0) is 9.53 Å². The summed E-state index contributed by atoms with van der Waals surface area (Å²) in [5, 5.41) is 0. The molecule has 1 fully saturated rings. The van der Waals surface area contributed by atoms with Crippen molar-refractivity contribution in [1.29, 1.82) is 0 Å². The lowest BCUT2D eigenvalue weighted by molar-refractivity contribution is -0.136. The number of carbonyl (C=O) groups excluding carboxylic acids is 2. The van der Waals surface area contributed by atoms with Crippen LogP contribution in [-0.4, -0.2) is 28.5 Å². The largest absolute Gasteiger partial charge is 0.443 e. The predicted octanol–water partition coefficient (Wildman–Crippen LogP) is 2.57. The van der Waals surface area contributed by atoms with Crippen LogP contribution >= 0.6 is 0 Å². The van der Waals surface area contributed by atoms with E-state index in [9.17, 15) is 9.59 Å². The molecule has 0 aromatic carbocycles. The SMILES string of the molecule is CC1CCC(=O)N(C(=O)OC(C)(C)C)C1C. The Hall–Kier alpha value is -1.06. The van der Waals surface area contributed by atoms with Gasteiger partial charge in [0.15, 0.2) is 0 Å². The summed E-state index contributed by atoms with van der Waals surface area (Å²) in [5.74, 6) is 0.213. The number of carbonyl (C=O) groups is 2. The van der Waals surface area contributed by atoms with Crippen molar-refractivity contribution in [3.63, 3.8) is 0 Å². The second-order valence-corrected chi connectivity index (χ2v) is 5.50. The van der Waals surface area contributed by atoms with Crippen molar-refractivity contribution in [2.24, 2.45) is 5.92 Å². The quantitative estimate of drug-likeness (QED) is 0.639. The third-order valence-corrected chi connectivity index (χ3v) is 2.90. The number of ether oxygens (including phenoxy) is 1. The Morgan fingerprint density at radius 2 is 1.94 bits per heavy atom. The zero-order valence-electron chi connectivity index (χ0n) is 10.7. The lowest BCUT2D eigenvalue weighted by atomic mass is 9.92. The fourth-order valence-corrected chi connectivity index (χ4v) is 1.77. The molecule has 0 saturated carbocycles. The van der Waals surface area contributed by atoms with Crippen molar-refractivity contribution in [1.82, 2.24) is 4.90 Å². The number of imide groups is 1. The highest BCUT2D eigenvalue weighted by Crippen LogP contribution is 2.25. The summed E-state index contributed by atoms with van der Waals surface area (Å²) < 4.78 is 5.23. The lowest BCUT2D eigenvalue weighted by Gasteiger charge is -2.36. The molecule has 1 saturated heterocycles. The van der Waals surface area contributed by atoms with E-state index in [1.54, 1.807) is 20.8 Å². The average molecular weight is 227 g/mol. The van der Waals surface area contributed by atoms with Crippen LogP contribution in [0.25, 0.3) is 0 Å². The minimum Gasteiger partial charge on any atom is -0.443 e. The number of rotatable bonds is 0. The highest BCUT2D eigenvalue weighted by Gasteiger charge is 2.36. The van der Waals surface area contributed by atoms with E-state index in [-0.39, 0.29) is 11.9 Å². The van der Waals surface area contributed by atoms with E-state index in [0.29, 0.717) is 12.3 Å². The van der Waals surface area contributed by atoms with Gasteiger partial charge in [-0.05, 0) is 40.0 Å². The summed E-state index contributed by atoms with van der Waals surface area (Å²) in [7, 11) is 0. The summed E-state index contributed by atoms with van der Waals surface area (Å²) in [6.45, 7) is 9.34. The molecule has 0 aromatic rings. The predicted molar refractivity (Wildman–Crippen MR) is 60.9 cm³/mol. The summed E-state index contributed by atoms with van der Waals surface area (Å²) >= 11 is 0. The Morgan fingerprint density at radius 3 is 2.44 bits per heavy atom. The fourth-order valence-electron chi connectivity index (χ4n) is 1.77. The van der Waals surface area contributed by atoms with Gasteiger partial charge < -0.3 is 4.74 Å². The van der Waals surface area contributed by atoms with Crippen molar-refractivity contribution in [3.8, 4) is 0 Å². The van der Waals surface area contributed by atoms with Crippen LogP contribution in [0.3, 0.4) is 0 Å². The maximum Gasteiger partial charge on any atom is 0.417 e. The van der Waals surface area contributed by atoms with E-state index in [4.69, 9.17) is 4.74 Å². The van der Waals surface area contributed by atoms with Crippen molar-refractivity contribution in [2.75, 3.05) is 0 Å². The Morgan fingerprint density at radius 1 is 1.38 bits per heavy atom. The molecule has 1 rings (SSSR count). The van der Waals surface area contributed by atoms with Gasteiger partial charge in [-0.3, -0.25) is 4.79 Å². The standard InChI is InChI=1S/C12H21NO3/c1-8-6-7-10(14)13(9(8)2)11(15)16-12(3,4)5/h8-9H,6-7H2,1-5H3. The molecule has 2 unspecified atom stereocenters. The second kappa shape index (κ2) is 4.44. The van der Waals surface area contributed by atoms with E-state index in [2.05, 4.69) is 6.92 Å². The summed E-state index contributed by atoms with van der Waals surface area (Å²) in [4.78, 5) is 24.8. The zero-order valence-corrected chi connectivity index (χ0v) is 10.7. The molecule has 2 amide bonds. The van der Waals surface area contributed by atoms with Gasteiger partial charge in [-0.25, -0.2) is 9.69 Å². The van der Waals surface area contributed by atoms with Gasteiger partial charge in [0.05, 0.1) is 0 Å². The first-order valence-electron chi connectivity index (χ1n) is 5.77. The normalized spacial score (nSPS) is 26.8. The third-order valence-electron chi connectivity index (χ3n) is 2.90. The maximum atomic E-state index is 11.9. The Kier molecular flexibility index (Phi) is 3.61. The summed E-state index contributed by atoms with van der Waals surface area (Å²) in [6.07, 6.45) is 0.765. The summed E-state index contributed by atoms with van der Waals surface area (Å²) in [5.41, 5.74) is -0.558. The van der Waals surface area contributed by atoms with Crippen LogP contribution in [0.5, 0.6) is 0 Å². The first-order chi connectivity index (χ1) is 7.22. The molecule has 1 aliphatic rings. The number of hydrogen-bond donors (Lipinski definition) is 0. The molecule has 0 aromatic heterocycles. The van der Waals surface area contributed by atoms with Crippen LogP contribution < -0.4 is 0 Å². The van der Waals surface area contributed by atoms with Crippen LogP contribution in [0.4, 0.5) is 4.79 Å². The van der Waals surface area contributed by atoms with Gasteiger partial charge in [-0.2, -0.15) is 0 Å². The van der Waals surface area contributed by atoms with Gasteiger partial charge in [-0.15, -0.1) is 0 Å². The summed E-state index contributed by atoms with van der Waals surface area (Å²) in [6, 6.07) is -0.0731. The molecule has 4 heteroatoms. The van der Waals surface area contributed by atoms with Crippen LogP contribution in [0.1, 0.15) is 47.5 Å². The number of amides is 2. The zero-order chi connectivity index (χ0) is 12.5. The van der Waals surface area contributed by atoms with Crippen LogP contribution in [0, 0.1) is 5.92 Å². The molecular weight excluding hydrogens is 206 g/mol. The van der Waals surface area contributed by atoms with Crippen LogP contribution in [0.2, 0.25) is 0 Å². The minimum atomic E-state index is -0.558. The molecular formula is C12H21NO3. The molecule has 1 aliphatic heterocycles. The number of likely N-dealkylation sites (tertiary alicyclic amines) is 1. The highest BCUT2D eigenvalue weighted by molar-refractivity contribution is 5.93. The molecule has 1 heterocycles. The molecule has 0 spiro atoms.